The van der Waals surface area contributed by atoms with Gasteiger partial charge in [0, 0.05) is 13.1 Å². The average Bonchev–Trinajstić information content (AvgIpc) is 2.53. The van der Waals surface area contributed by atoms with Gasteiger partial charge < -0.3 is 10.6 Å². The molecular weight excluding hydrogens is 198 g/mol. The molecule has 0 aliphatic carbocycles. The Morgan fingerprint density at radius 3 is 2.73 bits per heavy atom. The number of rotatable bonds is 1. The molecule has 15 heavy (non-hydrogen) atoms. The molecule has 0 aromatic carbocycles. The van der Waals surface area contributed by atoms with Crippen LogP contribution >= 0.6 is 0 Å². The molecule has 0 saturated carbocycles. The van der Waals surface area contributed by atoms with E-state index in [1.165, 1.54) is 0 Å². The Kier molecular flexibility index (Phi) is 2.44. The molecule has 0 spiro atoms. The van der Waals surface area contributed by atoms with Crippen LogP contribution in [0.4, 0.5) is 0 Å². The lowest BCUT2D eigenvalue weighted by Crippen LogP contribution is -2.46. The van der Waals surface area contributed by atoms with Gasteiger partial charge in [-0.2, -0.15) is 0 Å². The molecule has 3 amide bonds. The third-order valence-electron chi connectivity index (χ3n) is 3.06. The number of carbonyl (C=O) groups is 3. The molecule has 0 aromatic rings. The van der Waals surface area contributed by atoms with E-state index in [0.717, 1.165) is 0 Å². The molecule has 2 fully saturated rings. The van der Waals surface area contributed by atoms with Crippen molar-refractivity contribution < 1.29 is 14.4 Å². The van der Waals surface area contributed by atoms with E-state index in [9.17, 15) is 14.4 Å². The second-order valence-corrected chi connectivity index (χ2v) is 3.90. The summed E-state index contributed by atoms with van der Waals surface area (Å²) in [5.41, 5.74) is 5.24. The number of imide groups is 1. The van der Waals surface area contributed by atoms with Crippen molar-refractivity contribution in [2.45, 2.75) is 6.42 Å². The highest BCUT2D eigenvalue weighted by Crippen LogP contribution is 2.28. The van der Waals surface area contributed by atoms with Gasteiger partial charge in [0.15, 0.2) is 0 Å². The Labute approximate surface area is 86.8 Å². The van der Waals surface area contributed by atoms with E-state index in [-0.39, 0.29) is 36.1 Å². The minimum Gasteiger partial charge on any atom is -0.341 e. The van der Waals surface area contributed by atoms with Crippen molar-refractivity contribution in [1.82, 2.24) is 10.2 Å². The van der Waals surface area contributed by atoms with Gasteiger partial charge in [0.2, 0.25) is 17.7 Å². The van der Waals surface area contributed by atoms with Crippen LogP contribution in [0.3, 0.4) is 0 Å². The minimum atomic E-state index is -0.373. The van der Waals surface area contributed by atoms with Gasteiger partial charge >= 0.3 is 0 Å². The summed E-state index contributed by atoms with van der Waals surface area (Å²) in [6, 6.07) is 0. The van der Waals surface area contributed by atoms with Crippen molar-refractivity contribution in [1.29, 1.82) is 0 Å². The van der Waals surface area contributed by atoms with Crippen molar-refractivity contribution >= 4 is 17.7 Å². The van der Waals surface area contributed by atoms with Crippen LogP contribution in [0.25, 0.3) is 0 Å². The molecule has 2 heterocycles. The predicted octanol–water partition coefficient (Wildman–Crippen LogP) is -1.93. The summed E-state index contributed by atoms with van der Waals surface area (Å²) in [5, 5.41) is 2.29. The summed E-state index contributed by atoms with van der Waals surface area (Å²) < 4.78 is 0. The van der Waals surface area contributed by atoms with E-state index >= 15 is 0 Å². The van der Waals surface area contributed by atoms with Gasteiger partial charge in [-0.05, 0) is 6.42 Å². The number of fused-ring (bicyclic) bond motifs is 1. The third-order valence-corrected chi connectivity index (χ3v) is 3.06. The second-order valence-electron chi connectivity index (χ2n) is 3.90. The summed E-state index contributed by atoms with van der Waals surface area (Å²) in [4.78, 5) is 35.6. The van der Waals surface area contributed by atoms with Crippen LogP contribution in [0.1, 0.15) is 6.42 Å². The lowest BCUT2D eigenvalue weighted by Gasteiger charge is -2.32. The van der Waals surface area contributed by atoms with Crippen molar-refractivity contribution in [3.63, 3.8) is 0 Å². The topological polar surface area (TPSA) is 92.5 Å². The number of hydrogen-bond donors (Lipinski definition) is 2. The first-order valence-electron chi connectivity index (χ1n) is 4.96. The van der Waals surface area contributed by atoms with E-state index in [2.05, 4.69) is 5.32 Å². The Morgan fingerprint density at radius 1 is 1.40 bits per heavy atom. The number of hydrogen-bond acceptors (Lipinski definition) is 4. The maximum Gasteiger partial charge on any atom is 0.236 e. The van der Waals surface area contributed by atoms with E-state index in [1.54, 1.807) is 4.90 Å². The van der Waals surface area contributed by atoms with Crippen LogP contribution in [0.2, 0.25) is 0 Å². The minimum absolute atomic E-state index is 0.0487. The monoisotopic (exact) mass is 211 g/mol. The van der Waals surface area contributed by atoms with Gasteiger partial charge in [-0.3, -0.25) is 19.7 Å². The fourth-order valence-electron chi connectivity index (χ4n) is 2.19. The molecule has 2 aliphatic rings. The van der Waals surface area contributed by atoms with Gasteiger partial charge in [-0.15, -0.1) is 0 Å². The summed E-state index contributed by atoms with van der Waals surface area (Å²) in [5.74, 6) is -1.26. The van der Waals surface area contributed by atoms with Crippen LogP contribution in [0, 0.1) is 11.8 Å². The molecular formula is C9H13N3O3. The number of amides is 3. The third kappa shape index (κ3) is 1.61. The zero-order valence-electron chi connectivity index (χ0n) is 8.23. The lowest BCUT2D eigenvalue weighted by molar-refractivity contribution is -0.135. The Hall–Kier alpha value is -1.43. The molecule has 0 aromatic heterocycles. The van der Waals surface area contributed by atoms with Crippen LogP contribution in [0.5, 0.6) is 0 Å². The van der Waals surface area contributed by atoms with E-state index in [0.29, 0.717) is 19.5 Å². The zero-order chi connectivity index (χ0) is 11.0. The smallest absolute Gasteiger partial charge is 0.236 e. The molecule has 2 rings (SSSR count). The first kappa shape index (κ1) is 10.1. The van der Waals surface area contributed by atoms with E-state index < -0.39 is 0 Å². The van der Waals surface area contributed by atoms with Crippen molar-refractivity contribution in [2.75, 3.05) is 19.6 Å². The van der Waals surface area contributed by atoms with Crippen molar-refractivity contribution in [2.24, 2.45) is 17.6 Å². The highest BCUT2D eigenvalue weighted by Gasteiger charge is 2.45. The van der Waals surface area contributed by atoms with Gasteiger partial charge in [0.25, 0.3) is 0 Å². The molecule has 2 saturated heterocycles. The van der Waals surface area contributed by atoms with Crippen molar-refractivity contribution in [3.8, 4) is 0 Å². The quantitative estimate of drug-likeness (QED) is 0.494. The molecule has 3 N–H and O–H groups in total. The van der Waals surface area contributed by atoms with E-state index in [1.807, 2.05) is 0 Å². The SMILES string of the molecule is NCC(=O)N1CC[C@H]2C(=O)NC(=O)[C@H]2C1. The largest absolute Gasteiger partial charge is 0.341 e. The number of likely N-dealkylation sites (tertiary alicyclic amines) is 1. The molecule has 2 atom stereocenters. The molecule has 0 radical (unpaired) electrons. The normalized spacial score (nSPS) is 30.1. The molecule has 82 valence electrons. The Balaban J connectivity index is 2.08. The van der Waals surface area contributed by atoms with Crippen molar-refractivity contribution in [3.05, 3.63) is 0 Å². The molecule has 2 aliphatic heterocycles. The van der Waals surface area contributed by atoms with Crippen LogP contribution in [-0.4, -0.2) is 42.3 Å². The van der Waals surface area contributed by atoms with Gasteiger partial charge in [0.05, 0.1) is 18.4 Å². The number of nitrogens with two attached hydrogens (primary N) is 1. The summed E-state index contributed by atoms with van der Waals surface area (Å²) >= 11 is 0. The number of piperidine rings is 1. The highest BCUT2D eigenvalue weighted by molar-refractivity contribution is 6.05. The molecule has 0 unspecified atom stereocenters. The number of carbonyl (C=O) groups excluding carboxylic acids is 3. The summed E-state index contributed by atoms with van der Waals surface area (Å²) in [7, 11) is 0. The summed E-state index contributed by atoms with van der Waals surface area (Å²) in [6.45, 7) is 0.781. The summed E-state index contributed by atoms with van der Waals surface area (Å²) in [6.07, 6.45) is 0.550. The fourth-order valence-corrected chi connectivity index (χ4v) is 2.19. The molecule has 6 heteroatoms. The van der Waals surface area contributed by atoms with E-state index in [4.69, 9.17) is 5.73 Å². The average molecular weight is 211 g/mol. The van der Waals surface area contributed by atoms with Crippen LogP contribution in [0.15, 0.2) is 0 Å². The first-order chi connectivity index (χ1) is 7.13. The van der Waals surface area contributed by atoms with Gasteiger partial charge in [-0.25, -0.2) is 0 Å². The Bertz CT molecular complexity index is 329. The highest BCUT2D eigenvalue weighted by atomic mass is 16.2. The lowest BCUT2D eigenvalue weighted by atomic mass is 9.88. The molecule has 6 nitrogen and oxygen atoms in total. The van der Waals surface area contributed by atoms with Crippen LogP contribution in [-0.2, 0) is 14.4 Å². The predicted molar refractivity (Wildman–Crippen MR) is 50.4 cm³/mol. The second kappa shape index (κ2) is 3.62. The maximum absolute atomic E-state index is 11.4. The number of nitrogens with zero attached hydrogens (tertiary/aromatic N) is 1. The zero-order valence-corrected chi connectivity index (χ0v) is 8.23. The first-order valence-corrected chi connectivity index (χ1v) is 4.96. The Morgan fingerprint density at radius 2 is 2.07 bits per heavy atom. The maximum atomic E-state index is 11.4. The molecule has 0 bridgehead atoms. The van der Waals surface area contributed by atoms with Crippen LogP contribution < -0.4 is 11.1 Å². The standard InChI is InChI=1S/C9H13N3O3/c10-3-7(13)12-2-1-5-6(4-12)9(15)11-8(5)14/h5-6H,1-4,10H2,(H,11,14,15)/t5-,6+/m1/s1. The van der Waals surface area contributed by atoms with Gasteiger partial charge in [-0.1, -0.05) is 0 Å². The number of nitrogens with one attached hydrogen (secondary N) is 1. The van der Waals surface area contributed by atoms with Gasteiger partial charge in [0.1, 0.15) is 0 Å². The fraction of sp³-hybridized carbons (Fsp3) is 0.667.